The second-order valence-electron chi connectivity index (χ2n) is 5.43. The van der Waals surface area contributed by atoms with Crippen molar-refractivity contribution in [2.24, 2.45) is 0 Å². The molecule has 140 valence electrons. The number of methoxy groups -OCH3 is 1. The topological polar surface area (TPSA) is 70.1 Å². The van der Waals surface area contributed by atoms with Gasteiger partial charge in [0.1, 0.15) is 22.3 Å². The number of ether oxygens (including phenoxy) is 1. The SMILES string of the molecule is COc1ccccc1C(=O)c1c(SC)nn(-c2c(Cl)cc(Cl)cc2Cl)c1N. The number of rotatable bonds is 5. The van der Waals surface area contributed by atoms with E-state index < -0.39 is 0 Å². The van der Waals surface area contributed by atoms with Crippen molar-refractivity contribution >= 4 is 58.2 Å². The van der Waals surface area contributed by atoms with Gasteiger partial charge in [-0.2, -0.15) is 5.10 Å². The number of hydrogen-bond acceptors (Lipinski definition) is 5. The molecule has 5 nitrogen and oxygen atoms in total. The molecule has 0 aliphatic rings. The van der Waals surface area contributed by atoms with Gasteiger partial charge in [-0.3, -0.25) is 4.79 Å². The van der Waals surface area contributed by atoms with Gasteiger partial charge in [-0.25, -0.2) is 4.68 Å². The Morgan fingerprint density at radius 2 is 1.81 bits per heavy atom. The van der Waals surface area contributed by atoms with Crippen molar-refractivity contribution in [3.63, 3.8) is 0 Å². The van der Waals surface area contributed by atoms with E-state index in [-0.39, 0.29) is 27.2 Å². The van der Waals surface area contributed by atoms with Gasteiger partial charge in [0.15, 0.2) is 0 Å². The second kappa shape index (κ2) is 8.02. The molecule has 9 heteroatoms. The lowest BCUT2D eigenvalue weighted by Crippen LogP contribution is -2.09. The minimum atomic E-state index is -0.304. The first kappa shape index (κ1) is 19.9. The van der Waals surface area contributed by atoms with Crippen LogP contribution in [0, 0.1) is 0 Å². The van der Waals surface area contributed by atoms with Crippen molar-refractivity contribution in [2.75, 3.05) is 19.1 Å². The van der Waals surface area contributed by atoms with Crippen molar-refractivity contribution in [3.8, 4) is 11.4 Å². The molecular formula is C18H14Cl3N3O2S. The zero-order valence-electron chi connectivity index (χ0n) is 14.3. The van der Waals surface area contributed by atoms with E-state index in [1.807, 2.05) is 0 Å². The highest BCUT2D eigenvalue weighted by Crippen LogP contribution is 2.37. The number of carbonyl (C=O) groups is 1. The highest BCUT2D eigenvalue weighted by atomic mass is 35.5. The Labute approximate surface area is 175 Å². The van der Waals surface area contributed by atoms with E-state index in [4.69, 9.17) is 45.3 Å². The minimum absolute atomic E-state index is 0.126. The number of nitrogens with zero attached hydrogens (tertiary/aromatic N) is 2. The molecule has 27 heavy (non-hydrogen) atoms. The molecule has 1 aromatic heterocycles. The first-order valence-electron chi connectivity index (χ1n) is 7.64. The zero-order valence-corrected chi connectivity index (χ0v) is 17.4. The number of halogens is 3. The van der Waals surface area contributed by atoms with E-state index in [9.17, 15) is 4.79 Å². The normalized spacial score (nSPS) is 10.9. The third-order valence-corrected chi connectivity index (χ3v) is 5.32. The van der Waals surface area contributed by atoms with Gasteiger partial charge >= 0.3 is 0 Å². The van der Waals surface area contributed by atoms with Crippen LogP contribution in [-0.2, 0) is 0 Å². The van der Waals surface area contributed by atoms with Crippen molar-refractivity contribution in [2.45, 2.75) is 5.03 Å². The average molecular weight is 443 g/mol. The molecule has 1 heterocycles. The molecule has 0 aliphatic carbocycles. The number of nitrogens with two attached hydrogens (primary N) is 1. The van der Waals surface area contributed by atoms with Crippen LogP contribution in [-0.4, -0.2) is 28.9 Å². The van der Waals surface area contributed by atoms with E-state index in [1.54, 1.807) is 30.5 Å². The molecule has 2 aromatic carbocycles. The summed E-state index contributed by atoms with van der Waals surface area (Å²) in [6.45, 7) is 0. The van der Waals surface area contributed by atoms with Crippen LogP contribution in [0.25, 0.3) is 5.69 Å². The highest BCUT2D eigenvalue weighted by molar-refractivity contribution is 7.98. The molecule has 0 saturated carbocycles. The first-order valence-corrected chi connectivity index (χ1v) is 10.00. The summed E-state index contributed by atoms with van der Waals surface area (Å²) in [5.74, 6) is 0.271. The number of benzene rings is 2. The Kier molecular flexibility index (Phi) is 5.91. The van der Waals surface area contributed by atoms with E-state index in [2.05, 4.69) is 5.10 Å². The molecule has 3 aromatic rings. The average Bonchev–Trinajstić information content (AvgIpc) is 2.96. The Morgan fingerprint density at radius 3 is 2.41 bits per heavy atom. The third kappa shape index (κ3) is 3.62. The van der Waals surface area contributed by atoms with Crippen molar-refractivity contribution in [3.05, 3.63) is 62.6 Å². The lowest BCUT2D eigenvalue weighted by Gasteiger charge is -2.10. The van der Waals surface area contributed by atoms with E-state index in [1.165, 1.54) is 35.7 Å². The summed E-state index contributed by atoms with van der Waals surface area (Å²) in [7, 11) is 1.50. The van der Waals surface area contributed by atoms with Crippen molar-refractivity contribution < 1.29 is 9.53 Å². The zero-order chi connectivity index (χ0) is 19.7. The van der Waals surface area contributed by atoms with Crippen LogP contribution in [0.4, 0.5) is 5.82 Å². The van der Waals surface area contributed by atoms with E-state index in [0.717, 1.165) is 0 Å². The number of carbonyl (C=O) groups excluding carboxylic acids is 1. The van der Waals surface area contributed by atoms with Gasteiger partial charge in [0.05, 0.1) is 28.3 Å². The monoisotopic (exact) mass is 441 g/mol. The largest absolute Gasteiger partial charge is 0.496 e. The van der Waals surface area contributed by atoms with Crippen LogP contribution in [0.1, 0.15) is 15.9 Å². The summed E-state index contributed by atoms with van der Waals surface area (Å²) in [4.78, 5) is 13.2. The number of thioether (sulfide) groups is 1. The molecule has 0 unspecified atom stereocenters. The van der Waals surface area contributed by atoms with Gasteiger partial charge < -0.3 is 10.5 Å². The van der Waals surface area contributed by atoms with Crippen molar-refractivity contribution in [1.29, 1.82) is 0 Å². The Balaban J connectivity index is 2.21. The van der Waals surface area contributed by atoms with Crippen LogP contribution >= 0.6 is 46.6 Å². The van der Waals surface area contributed by atoms with E-state index >= 15 is 0 Å². The minimum Gasteiger partial charge on any atom is -0.496 e. The Hall–Kier alpha value is -1.86. The highest BCUT2D eigenvalue weighted by Gasteiger charge is 2.27. The lowest BCUT2D eigenvalue weighted by molar-refractivity contribution is 0.103. The fraction of sp³-hybridized carbons (Fsp3) is 0.111. The molecule has 0 spiro atoms. The maximum Gasteiger partial charge on any atom is 0.203 e. The molecule has 0 amide bonds. The maximum atomic E-state index is 13.2. The van der Waals surface area contributed by atoms with Crippen LogP contribution < -0.4 is 10.5 Å². The van der Waals surface area contributed by atoms with Crippen LogP contribution in [0.15, 0.2) is 41.4 Å². The maximum absolute atomic E-state index is 13.2. The molecule has 0 fully saturated rings. The Morgan fingerprint density at radius 1 is 1.19 bits per heavy atom. The molecule has 0 radical (unpaired) electrons. The summed E-state index contributed by atoms with van der Waals surface area (Å²) in [5, 5.41) is 5.80. The fourth-order valence-electron chi connectivity index (χ4n) is 2.64. The fourth-order valence-corrected chi connectivity index (χ4v) is 4.18. The quantitative estimate of drug-likeness (QED) is 0.424. The standard InChI is InChI=1S/C18H14Cl3N3O2S/c1-26-13-6-4-3-5-10(13)16(25)14-17(22)24(23-18(14)27-2)15-11(20)7-9(19)8-12(15)21/h3-8H,22H2,1-2H3. The second-order valence-corrected chi connectivity index (χ2v) is 7.47. The van der Waals surface area contributed by atoms with E-state index in [0.29, 0.717) is 27.0 Å². The number of aromatic nitrogens is 2. The van der Waals surface area contributed by atoms with Crippen LogP contribution in [0.3, 0.4) is 0 Å². The molecule has 0 atom stereocenters. The number of para-hydroxylation sites is 1. The molecular weight excluding hydrogens is 429 g/mol. The summed E-state index contributed by atoms with van der Waals surface area (Å²) in [6.07, 6.45) is 1.80. The summed E-state index contributed by atoms with van der Waals surface area (Å²) >= 11 is 19.9. The summed E-state index contributed by atoms with van der Waals surface area (Å²) in [5.41, 5.74) is 7.29. The Bertz CT molecular complexity index is 1010. The number of nitrogen functional groups attached to an aromatic ring is 1. The van der Waals surface area contributed by atoms with Gasteiger partial charge in [0.2, 0.25) is 5.78 Å². The summed E-state index contributed by atoms with van der Waals surface area (Å²) < 4.78 is 6.65. The van der Waals surface area contributed by atoms with Gasteiger partial charge in [0, 0.05) is 5.02 Å². The van der Waals surface area contributed by atoms with Crippen LogP contribution in [0.5, 0.6) is 5.75 Å². The van der Waals surface area contributed by atoms with Gasteiger partial charge in [-0.15, -0.1) is 11.8 Å². The van der Waals surface area contributed by atoms with Crippen molar-refractivity contribution in [1.82, 2.24) is 9.78 Å². The molecule has 0 saturated heterocycles. The lowest BCUT2D eigenvalue weighted by atomic mass is 10.0. The number of hydrogen-bond donors (Lipinski definition) is 1. The van der Waals surface area contributed by atoms with Gasteiger partial charge in [0.25, 0.3) is 0 Å². The molecule has 2 N–H and O–H groups in total. The predicted octanol–water partition coefficient (Wildman–Crippen LogP) is 5.38. The number of ketones is 1. The van der Waals surface area contributed by atoms with Gasteiger partial charge in [-0.05, 0) is 30.5 Å². The molecule has 3 rings (SSSR count). The molecule has 0 aliphatic heterocycles. The smallest absolute Gasteiger partial charge is 0.203 e. The van der Waals surface area contributed by atoms with Crippen LogP contribution in [0.2, 0.25) is 15.1 Å². The first-order chi connectivity index (χ1) is 12.9. The number of anilines is 1. The molecule has 0 bridgehead atoms. The van der Waals surface area contributed by atoms with Gasteiger partial charge in [-0.1, -0.05) is 46.9 Å². The third-order valence-electron chi connectivity index (χ3n) is 3.85. The summed E-state index contributed by atoms with van der Waals surface area (Å²) in [6, 6.07) is 9.98. The predicted molar refractivity (Wildman–Crippen MR) is 111 cm³/mol.